The van der Waals surface area contributed by atoms with Crippen LogP contribution in [-0.2, 0) is 0 Å². The fraction of sp³-hybridized carbons (Fsp3) is 0.633. The Labute approximate surface area is 211 Å². The van der Waals surface area contributed by atoms with Crippen LogP contribution in [0.2, 0.25) is 0 Å². The van der Waals surface area contributed by atoms with Crippen LogP contribution in [-0.4, -0.2) is 24.5 Å². The number of hydrogen-bond donors (Lipinski definition) is 0. The van der Waals surface area contributed by atoms with Gasteiger partial charge in [0.1, 0.15) is 0 Å². The minimum absolute atomic E-state index is 0.187. The van der Waals surface area contributed by atoms with Crippen molar-refractivity contribution < 1.29 is 0 Å². The van der Waals surface area contributed by atoms with E-state index in [2.05, 4.69) is 89.3 Å². The zero-order chi connectivity index (χ0) is 25.1. The van der Waals surface area contributed by atoms with Gasteiger partial charge in [0.2, 0.25) is 0 Å². The highest BCUT2D eigenvalue weighted by molar-refractivity contribution is 5.32. The molecule has 0 amide bonds. The van der Waals surface area contributed by atoms with Crippen molar-refractivity contribution in [1.29, 1.82) is 0 Å². The van der Waals surface area contributed by atoms with Crippen molar-refractivity contribution in [3.8, 4) is 0 Å². The highest BCUT2D eigenvalue weighted by Crippen LogP contribution is 2.48. The van der Waals surface area contributed by atoms with Gasteiger partial charge in [-0.15, -0.1) is 0 Å². The molecule has 3 aromatic rings. The molecule has 3 aromatic heterocycles. The maximum absolute atomic E-state index is 5.31. The minimum Gasteiger partial charge on any atom is -0.257 e. The lowest BCUT2D eigenvalue weighted by atomic mass is 9.70. The van der Waals surface area contributed by atoms with Gasteiger partial charge < -0.3 is 0 Å². The van der Waals surface area contributed by atoms with Crippen molar-refractivity contribution in [1.82, 2.24) is 24.5 Å². The monoisotopic (exact) mass is 473 g/mol. The predicted molar refractivity (Wildman–Crippen MR) is 142 cm³/mol. The average molecular weight is 474 g/mol. The van der Waals surface area contributed by atoms with Crippen molar-refractivity contribution >= 4 is 0 Å². The number of pyridine rings is 1. The van der Waals surface area contributed by atoms with Gasteiger partial charge in [0, 0.05) is 30.4 Å². The zero-order valence-corrected chi connectivity index (χ0v) is 22.9. The van der Waals surface area contributed by atoms with Crippen molar-refractivity contribution in [2.75, 3.05) is 0 Å². The lowest BCUT2D eigenvalue weighted by Crippen LogP contribution is -2.26. The molecule has 0 aromatic carbocycles. The van der Waals surface area contributed by atoms with E-state index in [1.165, 1.54) is 48.2 Å². The second-order valence-corrected chi connectivity index (χ2v) is 13.3. The summed E-state index contributed by atoms with van der Waals surface area (Å²) in [5.74, 6) is 1.99. The lowest BCUT2D eigenvalue weighted by molar-refractivity contribution is 0.271. The topological polar surface area (TPSA) is 48.5 Å². The van der Waals surface area contributed by atoms with Crippen LogP contribution in [0.1, 0.15) is 139 Å². The largest absolute Gasteiger partial charge is 0.257 e. The maximum Gasteiger partial charge on any atom is 0.185 e. The van der Waals surface area contributed by atoms with E-state index in [9.17, 15) is 0 Å². The predicted octanol–water partition coefficient (Wildman–Crippen LogP) is 7.62. The molecule has 0 saturated heterocycles. The third-order valence-electron chi connectivity index (χ3n) is 8.62. The van der Waals surface area contributed by atoms with Gasteiger partial charge in [0.25, 0.3) is 0 Å². The van der Waals surface area contributed by atoms with E-state index in [-0.39, 0.29) is 17.0 Å². The number of nitrogens with zero attached hydrogens (tertiary/aromatic N) is 5. The Balaban J connectivity index is 1.66. The van der Waals surface area contributed by atoms with Gasteiger partial charge in [0.05, 0.1) is 17.1 Å². The normalized spacial score (nSPS) is 24.9. The molecular formula is C30H43N5. The summed E-state index contributed by atoms with van der Waals surface area (Å²) in [5.41, 5.74) is 6.70. The van der Waals surface area contributed by atoms with Gasteiger partial charge in [-0.05, 0) is 71.6 Å². The summed E-state index contributed by atoms with van der Waals surface area (Å²) < 4.78 is 4.31. The first-order valence-electron chi connectivity index (χ1n) is 13.5. The molecule has 0 spiro atoms. The molecule has 0 aliphatic heterocycles. The quantitative estimate of drug-likeness (QED) is 0.393. The van der Waals surface area contributed by atoms with Crippen LogP contribution in [0.4, 0.5) is 0 Å². The summed E-state index contributed by atoms with van der Waals surface area (Å²) in [5, 5.41) is 10.6. The third-order valence-corrected chi connectivity index (χ3v) is 8.62. The molecule has 5 heteroatoms. The summed E-state index contributed by atoms with van der Waals surface area (Å²) in [6, 6.07) is 6.17. The van der Waals surface area contributed by atoms with Crippen LogP contribution >= 0.6 is 0 Å². The fourth-order valence-corrected chi connectivity index (χ4v) is 6.42. The van der Waals surface area contributed by atoms with Crippen LogP contribution in [0.3, 0.4) is 0 Å². The molecule has 5 rings (SSSR count). The van der Waals surface area contributed by atoms with Crippen LogP contribution in [0.15, 0.2) is 36.8 Å². The lowest BCUT2D eigenvalue weighted by Gasteiger charge is -2.35. The number of hydrogen-bond acceptors (Lipinski definition) is 3. The van der Waals surface area contributed by atoms with E-state index in [1.807, 2.05) is 12.3 Å². The average Bonchev–Trinajstić information content (AvgIpc) is 3.40. The van der Waals surface area contributed by atoms with E-state index in [1.54, 1.807) is 0 Å². The summed E-state index contributed by atoms with van der Waals surface area (Å²) >= 11 is 0. The van der Waals surface area contributed by atoms with Crippen molar-refractivity contribution in [2.24, 2.45) is 10.8 Å². The first kappa shape index (κ1) is 24.3. The van der Waals surface area contributed by atoms with Crippen LogP contribution in [0, 0.1) is 10.8 Å². The van der Waals surface area contributed by atoms with Crippen molar-refractivity contribution in [3.05, 3.63) is 65.0 Å². The molecule has 0 saturated carbocycles. The number of rotatable bonds is 3. The molecule has 35 heavy (non-hydrogen) atoms. The molecule has 188 valence electrons. The highest BCUT2D eigenvalue weighted by Gasteiger charge is 2.39. The molecule has 4 atom stereocenters. The van der Waals surface area contributed by atoms with Gasteiger partial charge in [-0.25, -0.2) is 9.36 Å². The summed E-state index contributed by atoms with van der Waals surface area (Å²) in [7, 11) is 0. The van der Waals surface area contributed by atoms with E-state index in [0.29, 0.717) is 23.7 Å². The molecule has 0 fully saturated rings. The highest BCUT2D eigenvalue weighted by atomic mass is 15.5. The van der Waals surface area contributed by atoms with E-state index in [0.717, 1.165) is 5.69 Å². The summed E-state index contributed by atoms with van der Waals surface area (Å²) in [4.78, 5) is 4.80. The number of aromatic nitrogens is 5. The molecule has 0 N–H and O–H groups in total. The van der Waals surface area contributed by atoms with Gasteiger partial charge in [0.15, 0.2) is 6.17 Å². The smallest absolute Gasteiger partial charge is 0.185 e. The number of fused-ring (bicyclic) bond motifs is 2. The third kappa shape index (κ3) is 4.36. The van der Waals surface area contributed by atoms with Crippen LogP contribution in [0.25, 0.3) is 0 Å². The van der Waals surface area contributed by atoms with Crippen molar-refractivity contribution in [2.45, 2.75) is 111 Å². The Bertz CT molecular complexity index is 1100. The zero-order valence-electron chi connectivity index (χ0n) is 22.9. The van der Waals surface area contributed by atoms with E-state index < -0.39 is 0 Å². The Morgan fingerprint density at radius 3 is 1.63 bits per heavy atom. The molecule has 5 nitrogen and oxygen atoms in total. The first-order chi connectivity index (χ1) is 16.4. The molecule has 2 aliphatic rings. The second-order valence-electron chi connectivity index (χ2n) is 13.3. The van der Waals surface area contributed by atoms with Crippen molar-refractivity contribution in [3.63, 3.8) is 0 Å². The molecule has 0 bridgehead atoms. The van der Waals surface area contributed by atoms with Crippen LogP contribution in [0.5, 0.6) is 0 Å². The van der Waals surface area contributed by atoms with E-state index >= 15 is 0 Å². The Morgan fingerprint density at radius 2 is 1.23 bits per heavy atom. The molecule has 2 aliphatic carbocycles. The van der Waals surface area contributed by atoms with Gasteiger partial charge in [-0.2, -0.15) is 10.2 Å². The molecule has 3 heterocycles. The Hall–Kier alpha value is -2.43. The second kappa shape index (κ2) is 8.60. The van der Waals surface area contributed by atoms with Gasteiger partial charge in [-0.1, -0.05) is 61.5 Å². The standard InChI is InChI=1S/C30H43N5/c1-19-12-14-23(29(3,4)5)26-21(19)17-34(32-26)28(25-11-9-10-16-31-25)35-18-22-20(2)13-15-24(27(22)33-35)30(6,7)8/h9-11,16-20,23-24,28H,12-15H2,1-8H3/t19-,20-,23-,24-/m0/s1. The minimum atomic E-state index is -0.187. The van der Waals surface area contributed by atoms with Crippen LogP contribution < -0.4 is 0 Å². The van der Waals surface area contributed by atoms with Gasteiger partial charge >= 0.3 is 0 Å². The first-order valence-corrected chi connectivity index (χ1v) is 13.5. The molecule has 0 unspecified atom stereocenters. The maximum atomic E-state index is 5.31. The Kier molecular flexibility index (Phi) is 5.96. The molecule has 0 radical (unpaired) electrons. The summed E-state index contributed by atoms with van der Waals surface area (Å²) in [6.07, 6.45) is 11.1. The summed E-state index contributed by atoms with van der Waals surface area (Å²) in [6.45, 7) is 18.8. The fourth-order valence-electron chi connectivity index (χ4n) is 6.42. The molecular weight excluding hydrogens is 430 g/mol. The van der Waals surface area contributed by atoms with E-state index in [4.69, 9.17) is 15.2 Å². The SMILES string of the molecule is C[C@H]1CC[C@H](C(C)(C)C)c2nn(C(c3ccccn3)n3cc4c(n3)[C@@H](C(C)(C)C)CC[C@@H]4C)cc21. The Morgan fingerprint density at radius 1 is 0.743 bits per heavy atom. The van der Waals surface area contributed by atoms with Gasteiger partial charge in [-0.3, -0.25) is 4.98 Å².